The molecular formula is C14H13N5O. The number of anilines is 1. The maximum atomic E-state index is 5.70. The molecule has 1 aromatic carbocycles. The maximum Gasteiger partial charge on any atom is 0.234 e. The predicted octanol–water partition coefficient (Wildman–Crippen LogP) is 1.92. The first-order valence-corrected chi connectivity index (χ1v) is 6.03. The van der Waals surface area contributed by atoms with Crippen LogP contribution in [-0.4, -0.2) is 26.6 Å². The molecule has 2 aromatic heterocycles. The Labute approximate surface area is 115 Å². The van der Waals surface area contributed by atoms with E-state index in [9.17, 15) is 0 Å². The molecule has 6 nitrogen and oxygen atoms in total. The lowest BCUT2D eigenvalue weighted by atomic mass is 10.2. The molecule has 0 aliphatic carbocycles. The molecule has 0 spiro atoms. The first-order valence-electron chi connectivity index (χ1n) is 6.03. The van der Waals surface area contributed by atoms with Gasteiger partial charge in [-0.25, -0.2) is 4.98 Å². The molecule has 0 saturated heterocycles. The van der Waals surface area contributed by atoms with Gasteiger partial charge in [-0.1, -0.05) is 0 Å². The highest BCUT2D eigenvalue weighted by Gasteiger charge is 2.09. The van der Waals surface area contributed by atoms with E-state index < -0.39 is 0 Å². The van der Waals surface area contributed by atoms with Gasteiger partial charge in [0.1, 0.15) is 5.82 Å². The highest BCUT2D eigenvalue weighted by Crippen LogP contribution is 2.21. The van der Waals surface area contributed by atoms with Gasteiger partial charge in [0.25, 0.3) is 0 Å². The van der Waals surface area contributed by atoms with Crippen molar-refractivity contribution in [2.75, 3.05) is 12.8 Å². The van der Waals surface area contributed by atoms with Crippen LogP contribution in [0.3, 0.4) is 0 Å². The molecule has 0 saturated carbocycles. The first-order chi connectivity index (χ1) is 9.78. The monoisotopic (exact) mass is 267 g/mol. The Bertz CT molecular complexity index is 720. The summed E-state index contributed by atoms with van der Waals surface area (Å²) in [5, 5.41) is 0. The number of imidazole rings is 1. The summed E-state index contributed by atoms with van der Waals surface area (Å²) in [5.41, 5.74) is 7.37. The van der Waals surface area contributed by atoms with E-state index in [-0.39, 0.29) is 0 Å². The third-order valence-corrected chi connectivity index (χ3v) is 2.87. The highest BCUT2D eigenvalue weighted by atomic mass is 16.5. The number of nitrogen functional groups attached to an aromatic ring is 1. The van der Waals surface area contributed by atoms with Gasteiger partial charge in [0, 0.05) is 23.6 Å². The van der Waals surface area contributed by atoms with Gasteiger partial charge >= 0.3 is 0 Å². The average molecular weight is 267 g/mol. The van der Waals surface area contributed by atoms with Crippen LogP contribution in [0.4, 0.5) is 5.69 Å². The topological polar surface area (TPSA) is 78.8 Å². The quantitative estimate of drug-likeness (QED) is 0.733. The summed E-state index contributed by atoms with van der Waals surface area (Å²) in [4.78, 5) is 12.8. The van der Waals surface area contributed by atoms with Crippen LogP contribution in [0.2, 0.25) is 0 Å². The highest BCUT2D eigenvalue weighted by molar-refractivity contribution is 5.60. The standard InChI is InChI=1S/C14H13N5O/c1-20-13-9-16-8-12(18-13)19-7-6-17-14(19)10-2-4-11(15)5-3-10/h2-9H,15H2,1H3. The number of hydrogen-bond acceptors (Lipinski definition) is 5. The average Bonchev–Trinajstić information content (AvgIpc) is 2.97. The smallest absolute Gasteiger partial charge is 0.234 e. The van der Waals surface area contributed by atoms with Crippen LogP contribution in [0.1, 0.15) is 0 Å². The van der Waals surface area contributed by atoms with E-state index >= 15 is 0 Å². The SMILES string of the molecule is COc1cncc(-n2ccnc2-c2ccc(N)cc2)n1. The minimum Gasteiger partial charge on any atom is -0.480 e. The molecule has 100 valence electrons. The van der Waals surface area contributed by atoms with Gasteiger partial charge in [0.2, 0.25) is 5.88 Å². The second-order valence-electron chi connectivity index (χ2n) is 4.16. The second kappa shape index (κ2) is 5.00. The van der Waals surface area contributed by atoms with Crippen molar-refractivity contribution in [2.24, 2.45) is 0 Å². The lowest BCUT2D eigenvalue weighted by Crippen LogP contribution is -2.01. The Morgan fingerprint density at radius 3 is 2.70 bits per heavy atom. The van der Waals surface area contributed by atoms with Crippen molar-refractivity contribution in [3.8, 4) is 23.1 Å². The van der Waals surface area contributed by atoms with Gasteiger partial charge < -0.3 is 10.5 Å². The zero-order valence-electron chi connectivity index (χ0n) is 10.9. The van der Waals surface area contributed by atoms with Crippen molar-refractivity contribution in [2.45, 2.75) is 0 Å². The van der Waals surface area contributed by atoms with Gasteiger partial charge in [-0.3, -0.25) is 9.55 Å². The van der Waals surface area contributed by atoms with E-state index in [2.05, 4.69) is 15.0 Å². The van der Waals surface area contributed by atoms with Crippen LogP contribution in [0, 0.1) is 0 Å². The molecule has 3 aromatic rings. The van der Waals surface area contributed by atoms with Crippen LogP contribution in [-0.2, 0) is 0 Å². The van der Waals surface area contributed by atoms with Gasteiger partial charge in [-0.15, -0.1) is 0 Å². The lowest BCUT2D eigenvalue weighted by molar-refractivity contribution is 0.395. The molecule has 0 fully saturated rings. The predicted molar refractivity (Wildman–Crippen MR) is 75.6 cm³/mol. The van der Waals surface area contributed by atoms with Crippen LogP contribution in [0.5, 0.6) is 5.88 Å². The summed E-state index contributed by atoms with van der Waals surface area (Å²) in [6, 6.07) is 7.51. The van der Waals surface area contributed by atoms with Gasteiger partial charge in [0.05, 0.1) is 19.5 Å². The number of hydrogen-bond donors (Lipinski definition) is 1. The number of nitrogens with zero attached hydrogens (tertiary/aromatic N) is 4. The van der Waals surface area contributed by atoms with E-state index in [0.717, 1.165) is 11.4 Å². The van der Waals surface area contributed by atoms with E-state index in [1.54, 1.807) is 25.7 Å². The van der Waals surface area contributed by atoms with Crippen molar-refractivity contribution in [3.63, 3.8) is 0 Å². The number of rotatable bonds is 3. The zero-order chi connectivity index (χ0) is 13.9. The molecule has 2 N–H and O–H groups in total. The molecule has 6 heteroatoms. The van der Waals surface area contributed by atoms with Crippen LogP contribution in [0.15, 0.2) is 49.1 Å². The van der Waals surface area contributed by atoms with Crippen molar-refractivity contribution in [1.29, 1.82) is 0 Å². The first kappa shape index (κ1) is 12.2. The third-order valence-electron chi connectivity index (χ3n) is 2.87. The summed E-state index contributed by atoms with van der Waals surface area (Å²) in [6.45, 7) is 0. The molecule has 0 radical (unpaired) electrons. The van der Waals surface area contributed by atoms with E-state index in [1.165, 1.54) is 0 Å². The molecule has 20 heavy (non-hydrogen) atoms. The van der Waals surface area contributed by atoms with Crippen molar-refractivity contribution < 1.29 is 4.74 Å². The minimum atomic E-state index is 0.458. The van der Waals surface area contributed by atoms with Crippen molar-refractivity contribution in [3.05, 3.63) is 49.1 Å². The van der Waals surface area contributed by atoms with Gasteiger partial charge in [-0.2, -0.15) is 4.98 Å². The normalized spacial score (nSPS) is 10.4. The number of benzene rings is 1. The van der Waals surface area contributed by atoms with Gasteiger partial charge in [0.15, 0.2) is 5.82 Å². The van der Waals surface area contributed by atoms with E-state index in [1.807, 2.05) is 35.0 Å². The largest absolute Gasteiger partial charge is 0.480 e. The Balaban J connectivity index is 2.07. The number of methoxy groups -OCH3 is 1. The van der Waals surface area contributed by atoms with E-state index in [4.69, 9.17) is 10.5 Å². The maximum absolute atomic E-state index is 5.70. The molecule has 0 atom stereocenters. The lowest BCUT2D eigenvalue weighted by Gasteiger charge is -2.08. The zero-order valence-corrected chi connectivity index (χ0v) is 10.9. The summed E-state index contributed by atoms with van der Waals surface area (Å²) in [5.74, 6) is 1.88. The van der Waals surface area contributed by atoms with E-state index in [0.29, 0.717) is 17.4 Å². The molecule has 3 rings (SSSR count). The molecule has 2 heterocycles. The van der Waals surface area contributed by atoms with Crippen LogP contribution >= 0.6 is 0 Å². The fourth-order valence-corrected chi connectivity index (χ4v) is 1.89. The van der Waals surface area contributed by atoms with Crippen LogP contribution in [0.25, 0.3) is 17.2 Å². The number of ether oxygens (including phenoxy) is 1. The Morgan fingerprint density at radius 1 is 1.15 bits per heavy atom. The Kier molecular flexibility index (Phi) is 3.04. The van der Waals surface area contributed by atoms with Crippen molar-refractivity contribution in [1.82, 2.24) is 19.5 Å². The fraction of sp³-hybridized carbons (Fsp3) is 0.0714. The van der Waals surface area contributed by atoms with Crippen LogP contribution < -0.4 is 10.5 Å². The third kappa shape index (κ3) is 2.18. The summed E-state index contributed by atoms with van der Waals surface area (Å²) < 4.78 is 6.94. The Morgan fingerprint density at radius 2 is 1.95 bits per heavy atom. The molecular weight excluding hydrogens is 254 g/mol. The summed E-state index contributed by atoms with van der Waals surface area (Å²) in [7, 11) is 1.56. The minimum absolute atomic E-state index is 0.458. The van der Waals surface area contributed by atoms with Gasteiger partial charge in [-0.05, 0) is 24.3 Å². The molecule has 0 aliphatic heterocycles. The second-order valence-corrected chi connectivity index (χ2v) is 4.16. The Hall–Kier alpha value is -2.89. The summed E-state index contributed by atoms with van der Waals surface area (Å²) >= 11 is 0. The summed E-state index contributed by atoms with van der Waals surface area (Å²) in [6.07, 6.45) is 6.76. The molecule has 0 unspecified atom stereocenters. The fourth-order valence-electron chi connectivity index (χ4n) is 1.89. The van der Waals surface area contributed by atoms with Crippen molar-refractivity contribution >= 4 is 5.69 Å². The number of aromatic nitrogens is 4. The molecule has 0 bridgehead atoms. The molecule has 0 aliphatic rings. The molecule has 0 amide bonds. The number of nitrogens with two attached hydrogens (primary N) is 1.